The minimum atomic E-state index is -2.98. The highest BCUT2D eigenvalue weighted by molar-refractivity contribution is 7.91. The molecular formula is C9H15N5O3S. The van der Waals surface area contributed by atoms with Crippen molar-refractivity contribution in [2.75, 3.05) is 11.5 Å². The van der Waals surface area contributed by atoms with Crippen LogP contribution >= 0.6 is 0 Å². The fraction of sp³-hybridized carbons (Fsp3) is 0.667. The number of rotatable bonds is 4. The topological polar surface area (TPSA) is 120 Å². The van der Waals surface area contributed by atoms with Crippen molar-refractivity contribution in [3.63, 3.8) is 0 Å². The van der Waals surface area contributed by atoms with E-state index in [9.17, 15) is 13.2 Å². The normalized spacial score (nSPS) is 21.9. The van der Waals surface area contributed by atoms with Crippen LogP contribution in [0.5, 0.6) is 0 Å². The molecule has 100 valence electrons. The molecule has 1 aliphatic rings. The quantitative estimate of drug-likeness (QED) is 0.657. The van der Waals surface area contributed by atoms with Crippen LogP contribution in [0.15, 0.2) is 6.20 Å². The van der Waals surface area contributed by atoms with E-state index >= 15 is 0 Å². The summed E-state index contributed by atoms with van der Waals surface area (Å²) in [4.78, 5) is 11.7. The third-order valence-electron chi connectivity index (χ3n) is 2.70. The average molecular weight is 273 g/mol. The van der Waals surface area contributed by atoms with E-state index in [0.29, 0.717) is 12.1 Å². The average Bonchev–Trinajstić information content (AvgIpc) is 2.85. The van der Waals surface area contributed by atoms with E-state index < -0.39 is 9.84 Å². The zero-order valence-corrected chi connectivity index (χ0v) is 10.6. The standard InChI is InChI=1S/C9H15N5O3S/c10-3-8-4-14(13-12-8)5-9(15)11-7-1-2-18(16,17)6-7/h4,7H,1-3,5-6,10H2,(H,11,15). The van der Waals surface area contributed by atoms with Crippen LogP contribution < -0.4 is 11.1 Å². The fourth-order valence-electron chi connectivity index (χ4n) is 1.84. The molecule has 1 unspecified atom stereocenters. The zero-order valence-electron chi connectivity index (χ0n) is 9.74. The maximum atomic E-state index is 11.7. The Balaban J connectivity index is 1.86. The van der Waals surface area contributed by atoms with E-state index in [1.54, 1.807) is 6.20 Å². The smallest absolute Gasteiger partial charge is 0.242 e. The van der Waals surface area contributed by atoms with Crippen LogP contribution in [0.3, 0.4) is 0 Å². The molecule has 0 radical (unpaired) electrons. The molecule has 1 fully saturated rings. The van der Waals surface area contributed by atoms with Gasteiger partial charge in [-0.15, -0.1) is 5.10 Å². The fourth-order valence-corrected chi connectivity index (χ4v) is 3.51. The van der Waals surface area contributed by atoms with Crippen molar-refractivity contribution in [2.24, 2.45) is 5.73 Å². The summed E-state index contributed by atoms with van der Waals surface area (Å²) >= 11 is 0. The number of nitrogens with one attached hydrogen (secondary N) is 1. The molecule has 0 spiro atoms. The summed E-state index contributed by atoms with van der Waals surface area (Å²) in [7, 11) is -2.98. The molecule has 0 bridgehead atoms. The van der Waals surface area contributed by atoms with Gasteiger partial charge in [-0.2, -0.15) is 0 Å². The molecule has 0 saturated carbocycles. The number of nitrogens with zero attached hydrogens (tertiary/aromatic N) is 3. The number of sulfone groups is 1. The number of amides is 1. The summed E-state index contributed by atoms with van der Waals surface area (Å²) in [5, 5.41) is 10.2. The van der Waals surface area contributed by atoms with E-state index in [2.05, 4.69) is 15.6 Å². The second-order valence-corrected chi connectivity index (χ2v) is 6.51. The second-order valence-electron chi connectivity index (χ2n) is 4.28. The van der Waals surface area contributed by atoms with Crippen LogP contribution in [-0.2, 0) is 27.7 Å². The molecule has 1 aliphatic heterocycles. The maximum Gasteiger partial charge on any atom is 0.242 e. The lowest BCUT2D eigenvalue weighted by Gasteiger charge is -2.10. The molecule has 18 heavy (non-hydrogen) atoms. The third-order valence-corrected chi connectivity index (χ3v) is 4.47. The van der Waals surface area contributed by atoms with Crippen molar-refractivity contribution >= 4 is 15.7 Å². The Morgan fingerprint density at radius 1 is 1.61 bits per heavy atom. The van der Waals surface area contributed by atoms with Gasteiger partial charge in [0.2, 0.25) is 5.91 Å². The Morgan fingerprint density at radius 3 is 2.94 bits per heavy atom. The van der Waals surface area contributed by atoms with Crippen molar-refractivity contribution in [1.29, 1.82) is 0 Å². The lowest BCUT2D eigenvalue weighted by Crippen LogP contribution is -2.37. The van der Waals surface area contributed by atoms with Gasteiger partial charge in [-0.25, -0.2) is 13.1 Å². The molecule has 0 aliphatic carbocycles. The van der Waals surface area contributed by atoms with Gasteiger partial charge < -0.3 is 11.1 Å². The van der Waals surface area contributed by atoms with Crippen molar-refractivity contribution < 1.29 is 13.2 Å². The molecule has 1 amide bonds. The first-order valence-electron chi connectivity index (χ1n) is 5.57. The number of carbonyl (C=O) groups excluding carboxylic acids is 1. The Kier molecular flexibility index (Phi) is 3.62. The summed E-state index contributed by atoms with van der Waals surface area (Å²) < 4.78 is 23.8. The van der Waals surface area contributed by atoms with Gasteiger partial charge in [0, 0.05) is 12.6 Å². The summed E-state index contributed by atoms with van der Waals surface area (Å²) in [5.41, 5.74) is 5.98. The summed E-state index contributed by atoms with van der Waals surface area (Å²) in [6, 6.07) is -0.292. The van der Waals surface area contributed by atoms with E-state index in [4.69, 9.17) is 5.73 Å². The van der Waals surface area contributed by atoms with Crippen molar-refractivity contribution in [3.05, 3.63) is 11.9 Å². The number of hydrogen-bond acceptors (Lipinski definition) is 6. The molecule has 1 saturated heterocycles. The van der Waals surface area contributed by atoms with Crippen LogP contribution in [0.1, 0.15) is 12.1 Å². The van der Waals surface area contributed by atoms with Gasteiger partial charge in [0.05, 0.1) is 23.4 Å². The summed E-state index contributed by atoms with van der Waals surface area (Å²) in [6.07, 6.45) is 2.06. The first-order valence-corrected chi connectivity index (χ1v) is 7.39. The molecule has 8 nitrogen and oxygen atoms in total. The highest BCUT2D eigenvalue weighted by Gasteiger charge is 2.28. The molecule has 2 heterocycles. The Labute approximate surface area is 104 Å². The number of hydrogen-bond donors (Lipinski definition) is 2. The van der Waals surface area contributed by atoms with Gasteiger partial charge in [0.25, 0.3) is 0 Å². The van der Waals surface area contributed by atoms with Crippen LogP contribution in [0.4, 0.5) is 0 Å². The monoisotopic (exact) mass is 273 g/mol. The molecule has 3 N–H and O–H groups in total. The highest BCUT2D eigenvalue weighted by atomic mass is 32.2. The van der Waals surface area contributed by atoms with Crippen LogP contribution in [0.2, 0.25) is 0 Å². The van der Waals surface area contributed by atoms with Gasteiger partial charge in [-0.3, -0.25) is 4.79 Å². The molecule has 1 aromatic rings. The van der Waals surface area contributed by atoms with Gasteiger partial charge in [0.15, 0.2) is 9.84 Å². The molecule has 2 rings (SSSR count). The van der Waals surface area contributed by atoms with Crippen molar-refractivity contribution in [3.8, 4) is 0 Å². The van der Waals surface area contributed by atoms with E-state index in [1.165, 1.54) is 4.68 Å². The molecule has 0 aromatic carbocycles. The third kappa shape index (κ3) is 3.26. The van der Waals surface area contributed by atoms with Crippen LogP contribution in [0, 0.1) is 0 Å². The Bertz CT molecular complexity index is 538. The van der Waals surface area contributed by atoms with Gasteiger partial charge in [-0.05, 0) is 6.42 Å². The van der Waals surface area contributed by atoms with Crippen molar-refractivity contribution in [1.82, 2.24) is 20.3 Å². The first kappa shape index (κ1) is 13.0. The minimum absolute atomic E-state index is 0.0174. The molecular weight excluding hydrogens is 258 g/mol. The van der Waals surface area contributed by atoms with Crippen LogP contribution in [0.25, 0.3) is 0 Å². The van der Waals surface area contributed by atoms with Gasteiger partial charge >= 0.3 is 0 Å². The SMILES string of the molecule is NCc1cn(CC(=O)NC2CCS(=O)(=O)C2)nn1. The summed E-state index contributed by atoms with van der Waals surface area (Å²) in [5.74, 6) is -0.117. The predicted octanol–water partition coefficient (Wildman–Crippen LogP) is -1.96. The molecule has 1 atom stereocenters. The largest absolute Gasteiger partial charge is 0.351 e. The minimum Gasteiger partial charge on any atom is -0.351 e. The maximum absolute atomic E-state index is 11.7. The van der Waals surface area contributed by atoms with E-state index in [-0.39, 0.29) is 36.5 Å². The number of carbonyl (C=O) groups is 1. The van der Waals surface area contributed by atoms with Gasteiger partial charge in [-0.1, -0.05) is 5.21 Å². The molecule has 1 aromatic heterocycles. The predicted molar refractivity (Wildman–Crippen MR) is 63.1 cm³/mol. The number of nitrogens with two attached hydrogens (primary N) is 1. The second kappa shape index (κ2) is 5.02. The lowest BCUT2D eigenvalue weighted by atomic mass is 10.2. The van der Waals surface area contributed by atoms with E-state index in [1.807, 2.05) is 0 Å². The summed E-state index contributed by atoms with van der Waals surface area (Å²) in [6.45, 7) is 0.284. The zero-order chi connectivity index (χ0) is 13.2. The Morgan fingerprint density at radius 2 is 2.39 bits per heavy atom. The highest BCUT2D eigenvalue weighted by Crippen LogP contribution is 2.11. The van der Waals surface area contributed by atoms with E-state index in [0.717, 1.165) is 0 Å². The number of aromatic nitrogens is 3. The van der Waals surface area contributed by atoms with Crippen molar-refractivity contribution in [2.45, 2.75) is 25.6 Å². The van der Waals surface area contributed by atoms with Crippen LogP contribution in [-0.4, -0.2) is 46.9 Å². The Hall–Kier alpha value is -1.48. The van der Waals surface area contributed by atoms with Gasteiger partial charge in [0.1, 0.15) is 6.54 Å². The molecule has 9 heteroatoms. The lowest BCUT2D eigenvalue weighted by molar-refractivity contribution is -0.122. The first-order chi connectivity index (χ1) is 8.48.